The summed E-state index contributed by atoms with van der Waals surface area (Å²) < 4.78 is 1.39. The summed E-state index contributed by atoms with van der Waals surface area (Å²) in [5.41, 5.74) is 0. The molecule has 0 aromatic rings. The third kappa shape index (κ3) is 4.21. The molecule has 0 heterocycles. The first kappa shape index (κ1) is 13.1. The molecule has 0 aromatic heterocycles. The molecule has 0 bridgehead atoms. The standard InChI is InChI=1S/2C5H5.2CH3.CH2.Al.Ti.H/c2*1-2-4-5-3-1;;;;;;/h2*1-5H;2*1H3;1H2;;;. The van der Waals surface area contributed by atoms with Crippen LogP contribution in [-0.2, 0) is 17.4 Å². The van der Waals surface area contributed by atoms with Crippen LogP contribution in [0, 0.1) is 0 Å². The molecule has 2 heteroatoms. The van der Waals surface area contributed by atoms with Crippen LogP contribution in [0.3, 0.4) is 0 Å². The van der Waals surface area contributed by atoms with E-state index >= 15 is 0 Å². The molecule has 78 valence electrons. The second-order valence-corrected chi connectivity index (χ2v) is 9.16. The van der Waals surface area contributed by atoms with E-state index in [0.29, 0.717) is 23.7 Å². The molecule has 0 fully saturated rings. The third-order valence-electron chi connectivity index (χ3n) is 2.35. The SMILES string of the molecule is [CH2]=[Ti]([CH]1C=CC=C1)[CH]1C=CC=C1.[CH3][AlH][CH3]. The monoisotopic (exact) mass is 250 g/mol. The third-order valence-corrected chi connectivity index (χ3v) is 6.23. The van der Waals surface area contributed by atoms with Gasteiger partial charge in [0.05, 0.1) is 0 Å². The predicted molar refractivity (Wildman–Crippen MR) is 70.1 cm³/mol. The zero-order chi connectivity index (χ0) is 11.1. The van der Waals surface area contributed by atoms with Crippen molar-refractivity contribution in [1.29, 1.82) is 0 Å². The van der Waals surface area contributed by atoms with Gasteiger partial charge in [-0.05, 0) is 0 Å². The van der Waals surface area contributed by atoms with Gasteiger partial charge in [-0.1, -0.05) is 0 Å². The molecule has 15 heavy (non-hydrogen) atoms. The van der Waals surface area contributed by atoms with E-state index in [4.69, 9.17) is 0 Å². The maximum atomic E-state index is 4.36. The molecule has 0 radical (unpaired) electrons. The Morgan fingerprint density at radius 3 is 1.40 bits per heavy atom. The Morgan fingerprint density at radius 2 is 1.13 bits per heavy atom. The molecule has 0 atom stereocenters. The van der Waals surface area contributed by atoms with Gasteiger partial charge in [0.15, 0.2) is 0 Å². The van der Waals surface area contributed by atoms with Gasteiger partial charge in [-0.25, -0.2) is 0 Å². The molecule has 0 nitrogen and oxygen atoms in total. The molecule has 0 saturated carbocycles. The molecular weight excluding hydrogens is 231 g/mol. The first-order valence-corrected chi connectivity index (χ1v) is 11.4. The zero-order valence-electron chi connectivity index (χ0n) is 9.69. The molecule has 2 aliphatic rings. The quantitative estimate of drug-likeness (QED) is 0.659. The van der Waals surface area contributed by atoms with Crippen LogP contribution in [0.5, 0.6) is 0 Å². The minimum Gasteiger partial charge on any atom is -0.109 e. The van der Waals surface area contributed by atoms with Crippen LogP contribution in [0.4, 0.5) is 0 Å². The minimum absolute atomic E-state index is 0.417. The van der Waals surface area contributed by atoms with Gasteiger partial charge in [0.25, 0.3) is 0 Å². The molecule has 0 aromatic carbocycles. The average Bonchev–Trinajstić information content (AvgIpc) is 2.92. The van der Waals surface area contributed by atoms with E-state index in [0.717, 1.165) is 0 Å². The summed E-state index contributed by atoms with van der Waals surface area (Å²) in [5, 5.41) is 0. The van der Waals surface area contributed by atoms with E-state index in [1.807, 2.05) is 0 Å². The summed E-state index contributed by atoms with van der Waals surface area (Å²) >= 11 is -0.759. The van der Waals surface area contributed by atoms with E-state index in [9.17, 15) is 0 Å². The van der Waals surface area contributed by atoms with Gasteiger partial charge in [0.2, 0.25) is 15.2 Å². The predicted octanol–water partition coefficient (Wildman–Crippen LogP) is 3.38. The van der Waals surface area contributed by atoms with Gasteiger partial charge < -0.3 is 0 Å². The first-order chi connectivity index (χ1) is 7.29. The van der Waals surface area contributed by atoms with Crippen LogP contribution in [0.2, 0.25) is 20.0 Å². The molecule has 0 unspecified atom stereocenters. The molecule has 2 rings (SSSR count). The van der Waals surface area contributed by atoms with Crippen molar-refractivity contribution >= 4 is 20.0 Å². The second kappa shape index (κ2) is 7.37. The number of rotatable bonds is 2. The van der Waals surface area contributed by atoms with Crippen molar-refractivity contribution in [2.24, 2.45) is 0 Å². The van der Waals surface area contributed by atoms with Crippen molar-refractivity contribution in [3.8, 4) is 0 Å². The summed E-state index contributed by atoms with van der Waals surface area (Å²) in [6, 6.07) is 0. The summed E-state index contributed by atoms with van der Waals surface area (Å²) in [6.07, 6.45) is 17.8. The van der Waals surface area contributed by atoms with E-state index < -0.39 is 17.4 Å². The van der Waals surface area contributed by atoms with Crippen molar-refractivity contribution in [3.63, 3.8) is 0 Å². The van der Waals surface area contributed by atoms with Crippen LogP contribution in [0.25, 0.3) is 0 Å². The van der Waals surface area contributed by atoms with Crippen LogP contribution in [0.1, 0.15) is 0 Å². The van der Waals surface area contributed by atoms with Crippen molar-refractivity contribution in [3.05, 3.63) is 48.6 Å². The molecule has 0 spiro atoms. The Bertz CT molecular complexity index is 269. The Kier molecular flexibility index (Phi) is 6.45. The van der Waals surface area contributed by atoms with E-state index in [1.165, 1.54) is 0 Å². The fourth-order valence-electron chi connectivity index (χ4n) is 1.58. The number of hydrogen-bond acceptors (Lipinski definition) is 0. The summed E-state index contributed by atoms with van der Waals surface area (Å²) in [5.74, 6) is 4.53. The Balaban J connectivity index is 0.000000337. The van der Waals surface area contributed by atoms with Crippen LogP contribution < -0.4 is 0 Å². The Morgan fingerprint density at radius 1 is 0.867 bits per heavy atom. The Labute approximate surface area is 106 Å². The van der Waals surface area contributed by atoms with Crippen LogP contribution >= 0.6 is 0 Å². The van der Waals surface area contributed by atoms with Crippen molar-refractivity contribution in [2.75, 3.05) is 0 Å². The molecule has 0 amide bonds. The van der Waals surface area contributed by atoms with Crippen molar-refractivity contribution < 1.29 is 17.4 Å². The fraction of sp³-hybridized carbons (Fsp3) is 0.308. The molecule has 0 aliphatic heterocycles. The molecule has 2 aliphatic carbocycles. The fourth-order valence-corrected chi connectivity index (χ4v) is 4.51. The average molecular weight is 250 g/mol. The summed E-state index contributed by atoms with van der Waals surface area (Å²) in [7, 11) is 0. The van der Waals surface area contributed by atoms with Gasteiger partial charge in [-0.15, -0.1) is 11.6 Å². The van der Waals surface area contributed by atoms with Gasteiger partial charge >= 0.3 is 79.3 Å². The van der Waals surface area contributed by atoms with Crippen molar-refractivity contribution in [2.45, 2.75) is 20.0 Å². The van der Waals surface area contributed by atoms with Gasteiger partial charge in [0.1, 0.15) is 0 Å². The van der Waals surface area contributed by atoms with Crippen LogP contribution in [-0.4, -0.2) is 20.0 Å². The van der Waals surface area contributed by atoms with Gasteiger partial charge in [-0.2, -0.15) is 0 Å². The maximum Gasteiger partial charge on any atom is 0.229 e. The van der Waals surface area contributed by atoms with E-state index in [-0.39, 0.29) is 0 Å². The van der Waals surface area contributed by atoms with Gasteiger partial charge in [0, 0.05) is 0 Å². The topological polar surface area (TPSA) is 0 Å². The second-order valence-electron chi connectivity index (χ2n) is 3.87. The van der Waals surface area contributed by atoms with Crippen molar-refractivity contribution in [1.82, 2.24) is 0 Å². The van der Waals surface area contributed by atoms with E-state index in [2.05, 4.69) is 65.0 Å². The molecule has 0 N–H and O–H groups in total. The molecular formula is C13H19AlTi. The van der Waals surface area contributed by atoms with Crippen LogP contribution in [0.15, 0.2) is 48.6 Å². The number of allylic oxidation sites excluding steroid dienone is 8. The van der Waals surface area contributed by atoms with E-state index in [1.54, 1.807) is 0 Å². The summed E-state index contributed by atoms with van der Waals surface area (Å²) in [6.45, 7) is 0. The maximum absolute atomic E-state index is 4.36. The smallest absolute Gasteiger partial charge is 0.109 e. The first-order valence-electron chi connectivity index (χ1n) is 5.68. The normalized spacial score (nSPS) is 18.0. The Hall–Kier alpha value is 0.0768. The zero-order valence-corrected chi connectivity index (χ0v) is 12.7. The summed E-state index contributed by atoms with van der Waals surface area (Å²) in [4.78, 5) is 4.36. The molecule has 0 saturated heterocycles. The van der Waals surface area contributed by atoms with Gasteiger partial charge in [-0.3, -0.25) is 0 Å². The minimum atomic E-state index is -1.18. The number of hydrogen-bond donors (Lipinski definition) is 0. The largest absolute Gasteiger partial charge is 0.229 e.